The maximum absolute atomic E-state index is 6.46. The van der Waals surface area contributed by atoms with E-state index in [-0.39, 0.29) is 12.1 Å². The van der Waals surface area contributed by atoms with Gasteiger partial charge in [-0.2, -0.15) is 0 Å². The van der Waals surface area contributed by atoms with Crippen molar-refractivity contribution in [1.82, 2.24) is 10.3 Å². The highest BCUT2D eigenvalue weighted by atomic mass is 79.9. The third kappa shape index (κ3) is 4.52. The van der Waals surface area contributed by atoms with Crippen molar-refractivity contribution in [3.8, 4) is 11.3 Å². The Morgan fingerprint density at radius 1 is 0.889 bits per heavy atom. The van der Waals surface area contributed by atoms with Crippen molar-refractivity contribution in [2.75, 3.05) is 36.1 Å². The predicted octanol–water partition coefficient (Wildman–Crippen LogP) is 6.12. The molecule has 4 heterocycles. The molecule has 182 valence electrons. The fraction of sp³-hybridized carbons (Fsp3) is 0.214. The number of pyridine rings is 1. The fourth-order valence-electron chi connectivity index (χ4n) is 4.85. The zero-order valence-corrected chi connectivity index (χ0v) is 21.9. The van der Waals surface area contributed by atoms with Gasteiger partial charge >= 0.3 is 0 Å². The first-order valence-corrected chi connectivity index (χ1v) is 13.2. The third-order valence-electron chi connectivity index (χ3n) is 6.65. The molecule has 6 nitrogen and oxygen atoms in total. The van der Waals surface area contributed by atoms with Gasteiger partial charge in [0.05, 0.1) is 24.9 Å². The number of ether oxygens (including phenoxy) is 1. The minimum Gasteiger partial charge on any atom is -0.459 e. The number of halogens is 1. The van der Waals surface area contributed by atoms with Gasteiger partial charge in [0.25, 0.3) is 0 Å². The average Bonchev–Trinajstić information content (AvgIpc) is 3.55. The molecule has 0 spiro atoms. The number of aromatic nitrogens is 1. The zero-order valence-electron chi connectivity index (χ0n) is 19.5. The van der Waals surface area contributed by atoms with E-state index in [9.17, 15) is 0 Å². The lowest BCUT2D eigenvalue weighted by atomic mass is 10.0. The Morgan fingerprint density at radius 2 is 1.64 bits per heavy atom. The molecule has 0 radical (unpaired) electrons. The summed E-state index contributed by atoms with van der Waals surface area (Å²) in [6, 6.07) is 26.4. The summed E-state index contributed by atoms with van der Waals surface area (Å²) in [5, 5.41) is 4.15. The highest BCUT2D eigenvalue weighted by Crippen LogP contribution is 2.43. The van der Waals surface area contributed by atoms with Crippen LogP contribution >= 0.6 is 28.1 Å². The van der Waals surface area contributed by atoms with Gasteiger partial charge < -0.3 is 24.3 Å². The summed E-state index contributed by atoms with van der Waals surface area (Å²) in [7, 11) is 0. The van der Waals surface area contributed by atoms with Gasteiger partial charge in [-0.1, -0.05) is 34.1 Å². The topological polar surface area (TPSA) is 53.8 Å². The summed E-state index contributed by atoms with van der Waals surface area (Å²) in [5.74, 6) is 1.64. The molecule has 2 saturated heterocycles. The van der Waals surface area contributed by atoms with E-state index < -0.39 is 0 Å². The van der Waals surface area contributed by atoms with Gasteiger partial charge in [0.1, 0.15) is 17.6 Å². The highest BCUT2D eigenvalue weighted by molar-refractivity contribution is 9.10. The van der Waals surface area contributed by atoms with Crippen molar-refractivity contribution in [3.05, 3.63) is 101 Å². The summed E-state index contributed by atoms with van der Waals surface area (Å²) in [5.41, 5.74) is 4.13. The maximum Gasteiger partial charge on any atom is 0.174 e. The normalized spacial score (nSPS) is 20.0. The monoisotopic (exact) mass is 560 g/mol. The number of rotatable bonds is 5. The smallest absolute Gasteiger partial charge is 0.174 e. The second-order valence-corrected chi connectivity index (χ2v) is 10.1. The van der Waals surface area contributed by atoms with Crippen LogP contribution in [-0.2, 0) is 4.74 Å². The summed E-state index contributed by atoms with van der Waals surface area (Å²) >= 11 is 9.37. The third-order valence-corrected chi connectivity index (χ3v) is 7.49. The molecule has 2 aromatic carbocycles. The standard InChI is InChI=1S/C28H25BrN4O2S/c29-20-6-4-19(5-7-20)24-12-13-25(35-24)27-26(23-3-1-2-14-30-23)31-28(36)33(27)22-10-8-21(9-11-22)32-15-17-34-18-16-32/h1-14,26-27H,15-18H2,(H,31,36). The molecule has 2 unspecified atom stereocenters. The van der Waals surface area contributed by atoms with E-state index in [4.69, 9.17) is 21.4 Å². The van der Waals surface area contributed by atoms with Gasteiger partial charge in [-0.05, 0) is 72.9 Å². The molecule has 2 aromatic heterocycles. The van der Waals surface area contributed by atoms with Gasteiger partial charge in [0, 0.05) is 40.7 Å². The van der Waals surface area contributed by atoms with Crippen LogP contribution in [0.5, 0.6) is 0 Å². The molecule has 1 N–H and O–H groups in total. The van der Waals surface area contributed by atoms with Crippen molar-refractivity contribution in [2.24, 2.45) is 0 Å². The second kappa shape index (κ2) is 10.0. The molecule has 4 aromatic rings. The lowest BCUT2D eigenvalue weighted by Crippen LogP contribution is -2.36. The minimum atomic E-state index is -0.189. The minimum absolute atomic E-state index is 0.151. The molecule has 2 fully saturated rings. The molecule has 0 amide bonds. The lowest BCUT2D eigenvalue weighted by Gasteiger charge is -2.30. The Labute approximate surface area is 224 Å². The van der Waals surface area contributed by atoms with Crippen LogP contribution in [0.4, 0.5) is 11.4 Å². The summed E-state index contributed by atoms with van der Waals surface area (Å²) in [4.78, 5) is 9.12. The number of furan rings is 1. The van der Waals surface area contributed by atoms with Crippen LogP contribution in [0.3, 0.4) is 0 Å². The Morgan fingerprint density at radius 3 is 2.36 bits per heavy atom. The average molecular weight is 562 g/mol. The van der Waals surface area contributed by atoms with E-state index >= 15 is 0 Å². The van der Waals surface area contributed by atoms with E-state index in [1.54, 1.807) is 0 Å². The summed E-state index contributed by atoms with van der Waals surface area (Å²) in [6.07, 6.45) is 1.81. The van der Waals surface area contributed by atoms with Crippen LogP contribution in [-0.4, -0.2) is 36.4 Å². The quantitative estimate of drug-likeness (QED) is 0.295. The second-order valence-electron chi connectivity index (χ2n) is 8.82. The van der Waals surface area contributed by atoms with E-state index in [0.717, 1.165) is 59.2 Å². The number of hydrogen-bond acceptors (Lipinski definition) is 5. The molecular formula is C28H25BrN4O2S. The van der Waals surface area contributed by atoms with E-state index in [0.29, 0.717) is 5.11 Å². The number of anilines is 2. The molecule has 8 heteroatoms. The SMILES string of the molecule is S=C1NC(c2ccccn2)C(c2ccc(-c3ccc(Br)cc3)o2)N1c1ccc(N2CCOCC2)cc1. The fourth-order valence-corrected chi connectivity index (χ4v) is 5.46. The van der Waals surface area contributed by atoms with Gasteiger partial charge in [0.15, 0.2) is 5.11 Å². The van der Waals surface area contributed by atoms with Gasteiger partial charge in [-0.25, -0.2) is 0 Å². The molecule has 36 heavy (non-hydrogen) atoms. The first-order chi connectivity index (χ1) is 17.7. The maximum atomic E-state index is 6.46. The molecule has 2 atom stereocenters. The molecule has 2 aliphatic heterocycles. The highest BCUT2D eigenvalue weighted by Gasteiger charge is 2.42. The number of thiocarbonyl (C=S) groups is 1. The lowest BCUT2D eigenvalue weighted by molar-refractivity contribution is 0.122. The van der Waals surface area contributed by atoms with Crippen LogP contribution in [0.15, 0.2) is 93.9 Å². The summed E-state index contributed by atoms with van der Waals surface area (Å²) < 4.78 is 13.0. The zero-order chi connectivity index (χ0) is 24.5. The van der Waals surface area contributed by atoms with Crippen molar-refractivity contribution in [1.29, 1.82) is 0 Å². The number of hydrogen-bond donors (Lipinski definition) is 1. The molecular weight excluding hydrogens is 536 g/mol. The van der Waals surface area contributed by atoms with E-state index in [1.807, 2.05) is 60.8 Å². The van der Waals surface area contributed by atoms with Crippen molar-refractivity contribution in [3.63, 3.8) is 0 Å². The number of benzene rings is 2. The molecule has 0 bridgehead atoms. The van der Waals surface area contributed by atoms with E-state index in [1.165, 1.54) is 5.69 Å². The largest absolute Gasteiger partial charge is 0.459 e. The number of morpholine rings is 1. The van der Waals surface area contributed by atoms with Gasteiger partial charge in [-0.15, -0.1) is 0 Å². The first-order valence-electron chi connectivity index (χ1n) is 12.0. The van der Waals surface area contributed by atoms with E-state index in [2.05, 4.69) is 60.3 Å². The molecule has 0 aliphatic carbocycles. The Hall–Kier alpha value is -3.20. The van der Waals surface area contributed by atoms with Crippen LogP contribution in [0.2, 0.25) is 0 Å². The molecule has 0 saturated carbocycles. The Kier molecular flexibility index (Phi) is 6.48. The first kappa shape index (κ1) is 23.2. The Balaban J connectivity index is 1.37. The van der Waals surface area contributed by atoms with Crippen molar-refractivity contribution < 1.29 is 9.15 Å². The molecule has 2 aliphatic rings. The van der Waals surface area contributed by atoms with Crippen molar-refractivity contribution in [2.45, 2.75) is 12.1 Å². The van der Waals surface area contributed by atoms with Crippen LogP contribution in [0.1, 0.15) is 23.5 Å². The summed E-state index contributed by atoms with van der Waals surface area (Å²) in [6.45, 7) is 3.32. The van der Waals surface area contributed by atoms with Crippen LogP contribution < -0.4 is 15.1 Å². The van der Waals surface area contributed by atoms with Gasteiger partial charge in [0.2, 0.25) is 0 Å². The number of nitrogens with zero attached hydrogens (tertiary/aromatic N) is 3. The Bertz CT molecular complexity index is 1340. The van der Waals surface area contributed by atoms with Crippen LogP contribution in [0.25, 0.3) is 11.3 Å². The van der Waals surface area contributed by atoms with Crippen LogP contribution in [0, 0.1) is 0 Å². The van der Waals surface area contributed by atoms with Crippen molar-refractivity contribution >= 4 is 44.6 Å². The predicted molar refractivity (Wildman–Crippen MR) is 149 cm³/mol. The molecule has 6 rings (SSSR count). The van der Waals surface area contributed by atoms with Gasteiger partial charge in [-0.3, -0.25) is 4.98 Å². The number of nitrogens with one attached hydrogen (secondary N) is 1.